The summed E-state index contributed by atoms with van der Waals surface area (Å²) in [4.78, 5) is 16.1. The molecule has 1 amide bonds. The van der Waals surface area contributed by atoms with Gasteiger partial charge in [0.05, 0.1) is 18.8 Å². The van der Waals surface area contributed by atoms with E-state index in [-0.39, 0.29) is 11.9 Å². The van der Waals surface area contributed by atoms with E-state index in [9.17, 15) is 4.79 Å². The number of methoxy groups -OCH3 is 1. The first-order chi connectivity index (χ1) is 13.6. The highest BCUT2D eigenvalue weighted by atomic mass is 32.1. The van der Waals surface area contributed by atoms with E-state index >= 15 is 0 Å². The van der Waals surface area contributed by atoms with Gasteiger partial charge in [-0.05, 0) is 37.6 Å². The Kier molecular flexibility index (Phi) is 5.07. The molecular formula is C22H22N2O3S. The Morgan fingerprint density at radius 2 is 2.00 bits per heavy atom. The summed E-state index contributed by atoms with van der Waals surface area (Å²) in [5.74, 6) is 0.522. The van der Waals surface area contributed by atoms with Gasteiger partial charge in [0, 0.05) is 28.3 Å². The van der Waals surface area contributed by atoms with Crippen LogP contribution >= 0.6 is 11.3 Å². The van der Waals surface area contributed by atoms with E-state index in [1.807, 2.05) is 66.7 Å². The van der Waals surface area contributed by atoms with Gasteiger partial charge in [-0.25, -0.2) is 0 Å². The monoisotopic (exact) mass is 394 g/mol. The van der Waals surface area contributed by atoms with Gasteiger partial charge in [0.25, 0.3) is 0 Å². The number of amides is 1. The van der Waals surface area contributed by atoms with Crippen molar-refractivity contribution in [3.8, 4) is 5.75 Å². The molecule has 0 aliphatic rings. The third kappa shape index (κ3) is 3.48. The second kappa shape index (κ2) is 7.66. The first-order valence-corrected chi connectivity index (χ1v) is 9.97. The van der Waals surface area contributed by atoms with Gasteiger partial charge >= 0.3 is 0 Å². The molecule has 0 aliphatic carbocycles. The van der Waals surface area contributed by atoms with E-state index in [2.05, 4.69) is 11.4 Å². The van der Waals surface area contributed by atoms with E-state index in [4.69, 9.17) is 9.15 Å². The molecule has 0 saturated carbocycles. The summed E-state index contributed by atoms with van der Waals surface area (Å²) < 4.78 is 11.5. The van der Waals surface area contributed by atoms with Crippen molar-refractivity contribution in [2.75, 3.05) is 19.5 Å². The van der Waals surface area contributed by atoms with Crippen molar-refractivity contribution in [3.63, 3.8) is 0 Å². The van der Waals surface area contributed by atoms with Gasteiger partial charge in [-0.15, -0.1) is 11.3 Å². The molecule has 0 saturated heterocycles. The van der Waals surface area contributed by atoms with Crippen molar-refractivity contribution in [1.82, 2.24) is 4.90 Å². The molecule has 1 atom stereocenters. The minimum Gasteiger partial charge on any atom is -0.495 e. The number of benzene rings is 2. The zero-order valence-electron chi connectivity index (χ0n) is 16.1. The molecule has 1 N–H and O–H groups in total. The molecule has 0 spiro atoms. The number of rotatable bonds is 6. The van der Waals surface area contributed by atoms with Gasteiger partial charge in [0.15, 0.2) is 0 Å². The number of furan rings is 1. The number of carbonyl (C=O) groups excluding carboxylic acids is 1. The molecule has 2 heterocycles. The predicted molar refractivity (Wildman–Crippen MR) is 114 cm³/mol. The van der Waals surface area contributed by atoms with E-state index in [1.165, 1.54) is 4.88 Å². The van der Waals surface area contributed by atoms with Crippen LogP contribution in [0.2, 0.25) is 0 Å². The van der Waals surface area contributed by atoms with Gasteiger partial charge < -0.3 is 14.5 Å². The largest absolute Gasteiger partial charge is 0.495 e. The average molecular weight is 394 g/mol. The van der Waals surface area contributed by atoms with Crippen LogP contribution in [0.15, 0.2) is 58.3 Å². The molecule has 5 nitrogen and oxygen atoms in total. The lowest BCUT2D eigenvalue weighted by molar-refractivity contribution is -0.120. The molecular weight excluding hydrogens is 372 g/mol. The molecule has 0 fully saturated rings. The highest BCUT2D eigenvalue weighted by molar-refractivity contribution is 7.09. The number of nitrogens with zero attached hydrogens (tertiary/aromatic N) is 1. The topological polar surface area (TPSA) is 54.7 Å². The molecule has 144 valence electrons. The standard InChI is InChI=1S/C22H22N2O3S/c1-14(24(2)13-15-7-6-10-28-15)22(25)23-18-12-20-17(11-21(18)26-3)16-8-4-5-9-19(16)27-20/h4-12,14H,13H2,1-3H3,(H,23,25)/t14-/m1/s1. The Morgan fingerprint density at radius 3 is 2.75 bits per heavy atom. The Labute approximate surface area is 167 Å². The van der Waals surface area contributed by atoms with Gasteiger partial charge in [-0.3, -0.25) is 9.69 Å². The van der Waals surface area contributed by atoms with E-state index in [0.717, 1.165) is 28.5 Å². The van der Waals surface area contributed by atoms with Crippen molar-refractivity contribution in [2.24, 2.45) is 0 Å². The zero-order chi connectivity index (χ0) is 19.7. The minimum absolute atomic E-state index is 0.0900. The highest BCUT2D eigenvalue weighted by Crippen LogP contribution is 2.36. The van der Waals surface area contributed by atoms with Crippen LogP contribution < -0.4 is 10.1 Å². The van der Waals surface area contributed by atoms with Crippen molar-refractivity contribution in [3.05, 3.63) is 58.8 Å². The average Bonchev–Trinajstić information content (AvgIpc) is 3.33. The highest BCUT2D eigenvalue weighted by Gasteiger charge is 2.21. The smallest absolute Gasteiger partial charge is 0.241 e. The van der Waals surface area contributed by atoms with Crippen LogP contribution in [0, 0.1) is 0 Å². The normalized spacial score (nSPS) is 12.6. The first kappa shape index (κ1) is 18.5. The molecule has 4 aromatic rings. The number of anilines is 1. The zero-order valence-corrected chi connectivity index (χ0v) is 16.9. The van der Waals surface area contributed by atoms with Crippen molar-refractivity contribution in [1.29, 1.82) is 0 Å². The van der Waals surface area contributed by atoms with Gasteiger partial charge in [-0.1, -0.05) is 24.3 Å². The molecule has 0 aliphatic heterocycles. The summed E-state index contributed by atoms with van der Waals surface area (Å²) in [6.07, 6.45) is 0. The maximum absolute atomic E-state index is 12.8. The lowest BCUT2D eigenvalue weighted by Gasteiger charge is -2.23. The van der Waals surface area contributed by atoms with Crippen LogP contribution in [0.4, 0.5) is 5.69 Å². The second-order valence-electron chi connectivity index (χ2n) is 6.81. The van der Waals surface area contributed by atoms with Crippen LogP contribution in [0.5, 0.6) is 5.75 Å². The number of nitrogens with one attached hydrogen (secondary N) is 1. The second-order valence-corrected chi connectivity index (χ2v) is 7.84. The maximum Gasteiger partial charge on any atom is 0.241 e. The number of hydrogen-bond donors (Lipinski definition) is 1. The Hall–Kier alpha value is -2.83. The van der Waals surface area contributed by atoms with E-state index in [0.29, 0.717) is 11.4 Å². The maximum atomic E-state index is 12.8. The molecule has 0 radical (unpaired) electrons. The van der Waals surface area contributed by atoms with Gasteiger partial charge in [-0.2, -0.15) is 0 Å². The van der Waals surface area contributed by atoms with E-state index < -0.39 is 0 Å². The number of carbonyl (C=O) groups is 1. The fourth-order valence-electron chi connectivity index (χ4n) is 3.24. The molecule has 28 heavy (non-hydrogen) atoms. The number of para-hydroxylation sites is 1. The van der Waals surface area contributed by atoms with E-state index in [1.54, 1.807) is 18.4 Å². The molecule has 2 aromatic carbocycles. The van der Waals surface area contributed by atoms with Crippen LogP contribution in [0.3, 0.4) is 0 Å². The minimum atomic E-state index is -0.293. The third-order valence-corrected chi connectivity index (χ3v) is 5.84. The summed E-state index contributed by atoms with van der Waals surface area (Å²) >= 11 is 1.69. The molecule has 4 rings (SSSR count). The Bertz CT molecular complexity index is 1120. The lowest BCUT2D eigenvalue weighted by Crippen LogP contribution is -2.39. The fraction of sp³-hybridized carbons (Fsp3) is 0.227. The molecule has 2 aromatic heterocycles. The number of likely N-dealkylation sites (N-methyl/N-ethyl adjacent to an activating group) is 1. The van der Waals surface area contributed by atoms with Crippen LogP contribution in [-0.2, 0) is 11.3 Å². The van der Waals surface area contributed by atoms with Gasteiger partial charge in [0.1, 0.15) is 16.9 Å². The molecule has 0 unspecified atom stereocenters. The van der Waals surface area contributed by atoms with Crippen LogP contribution in [0.25, 0.3) is 21.9 Å². The first-order valence-electron chi connectivity index (χ1n) is 9.09. The number of hydrogen-bond acceptors (Lipinski definition) is 5. The Balaban J connectivity index is 1.59. The van der Waals surface area contributed by atoms with Crippen molar-refractivity contribution in [2.45, 2.75) is 19.5 Å². The quantitative estimate of drug-likeness (QED) is 0.493. The third-order valence-electron chi connectivity index (χ3n) is 4.98. The number of fused-ring (bicyclic) bond motifs is 3. The lowest BCUT2D eigenvalue weighted by atomic mass is 10.1. The molecule has 0 bridgehead atoms. The van der Waals surface area contributed by atoms with Crippen molar-refractivity contribution < 1.29 is 13.9 Å². The summed E-state index contributed by atoms with van der Waals surface area (Å²) in [6, 6.07) is 15.4. The van der Waals surface area contributed by atoms with Crippen molar-refractivity contribution >= 4 is 44.9 Å². The predicted octanol–water partition coefficient (Wildman–Crippen LogP) is 5.12. The summed E-state index contributed by atoms with van der Waals surface area (Å²) in [5.41, 5.74) is 2.14. The van der Waals surface area contributed by atoms with Crippen LogP contribution in [-0.4, -0.2) is 31.0 Å². The summed E-state index contributed by atoms with van der Waals surface area (Å²) in [6.45, 7) is 2.63. The Morgan fingerprint density at radius 1 is 1.18 bits per heavy atom. The molecule has 6 heteroatoms. The number of thiophene rings is 1. The number of ether oxygens (including phenoxy) is 1. The van der Waals surface area contributed by atoms with Gasteiger partial charge in [0.2, 0.25) is 5.91 Å². The summed E-state index contributed by atoms with van der Waals surface area (Å²) in [5, 5.41) is 7.03. The SMILES string of the molecule is COc1cc2c(cc1NC(=O)[C@@H](C)N(C)Cc1cccs1)oc1ccccc12. The fourth-order valence-corrected chi connectivity index (χ4v) is 4.01. The summed E-state index contributed by atoms with van der Waals surface area (Å²) in [7, 11) is 3.55. The van der Waals surface area contributed by atoms with Crippen LogP contribution in [0.1, 0.15) is 11.8 Å².